The van der Waals surface area contributed by atoms with Gasteiger partial charge in [0.15, 0.2) is 6.61 Å². The standard InChI is InChI=1S/C20H25NO2/c1-3-18-11-7-8-12-19(18)23-15-20(22)21-16(2)13-14-17-9-5-4-6-10-17/h4-12,16H,3,13-15H2,1-2H3,(H,21,22). The molecule has 0 aliphatic carbocycles. The minimum absolute atomic E-state index is 0.0622. The molecular formula is C20H25NO2. The van der Waals surface area contributed by atoms with E-state index in [-0.39, 0.29) is 18.6 Å². The second-order valence-corrected chi connectivity index (χ2v) is 5.74. The summed E-state index contributed by atoms with van der Waals surface area (Å²) in [6.45, 7) is 4.17. The van der Waals surface area contributed by atoms with Gasteiger partial charge in [-0.15, -0.1) is 0 Å². The van der Waals surface area contributed by atoms with Crippen LogP contribution in [-0.2, 0) is 17.6 Å². The van der Waals surface area contributed by atoms with Crippen LogP contribution in [0.4, 0.5) is 0 Å². The molecule has 3 nitrogen and oxygen atoms in total. The van der Waals surface area contributed by atoms with Crippen LogP contribution in [0.1, 0.15) is 31.4 Å². The Morgan fingerprint density at radius 3 is 2.52 bits per heavy atom. The topological polar surface area (TPSA) is 38.3 Å². The molecule has 0 radical (unpaired) electrons. The Balaban J connectivity index is 1.73. The van der Waals surface area contributed by atoms with Gasteiger partial charge < -0.3 is 10.1 Å². The molecule has 1 amide bonds. The zero-order chi connectivity index (χ0) is 16.5. The lowest BCUT2D eigenvalue weighted by Crippen LogP contribution is -2.36. The van der Waals surface area contributed by atoms with Crippen molar-refractivity contribution >= 4 is 5.91 Å². The summed E-state index contributed by atoms with van der Waals surface area (Å²) < 4.78 is 5.64. The lowest BCUT2D eigenvalue weighted by molar-refractivity contribution is -0.123. The third kappa shape index (κ3) is 5.78. The van der Waals surface area contributed by atoms with Gasteiger partial charge in [-0.3, -0.25) is 4.79 Å². The van der Waals surface area contributed by atoms with Gasteiger partial charge >= 0.3 is 0 Å². The zero-order valence-electron chi connectivity index (χ0n) is 13.9. The summed E-state index contributed by atoms with van der Waals surface area (Å²) in [5.41, 5.74) is 2.42. The van der Waals surface area contributed by atoms with Gasteiger partial charge in [0, 0.05) is 6.04 Å². The van der Waals surface area contributed by atoms with Crippen molar-refractivity contribution in [2.75, 3.05) is 6.61 Å². The Labute approximate surface area is 138 Å². The van der Waals surface area contributed by atoms with Crippen molar-refractivity contribution in [3.05, 3.63) is 65.7 Å². The Morgan fingerprint density at radius 2 is 1.78 bits per heavy atom. The van der Waals surface area contributed by atoms with Crippen LogP contribution in [0.5, 0.6) is 5.75 Å². The van der Waals surface area contributed by atoms with E-state index in [1.165, 1.54) is 5.56 Å². The average Bonchev–Trinajstić information content (AvgIpc) is 2.59. The fraction of sp³-hybridized carbons (Fsp3) is 0.350. The predicted molar refractivity (Wildman–Crippen MR) is 93.7 cm³/mol. The van der Waals surface area contributed by atoms with Gasteiger partial charge in [0.1, 0.15) is 5.75 Å². The van der Waals surface area contributed by atoms with Gasteiger partial charge in [-0.25, -0.2) is 0 Å². The van der Waals surface area contributed by atoms with E-state index in [9.17, 15) is 4.79 Å². The van der Waals surface area contributed by atoms with Crippen molar-refractivity contribution in [3.63, 3.8) is 0 Å². The molecule has 0 aromatic heterocycles. The fourth-order valence-corrected chi connectivity index (χ4v) is 2.50. The lowest BCUT2D eigenvalue weighted by Gasteiger charge is -2.15. The van der Waals surface area contributed by atoms with Gasteiger partial charge in [0.05, 0.1) is 0 Å². The molecule has 0 heterocycles. The van der Waals surface area contributed by atoms with Crippen molar-refractivity contribution in [2.24, 2.45) is 0 Å². The van der Waals surface area contributed by atoms with E-state index in [2.05, 4.69) is 24.4 Å². The number of carbonyl (C=O) groups excluding carboxylic acids is 1. The third-order valence-corrected chi connectivity index (χ3v) is 3.83. The average molecular weight is 311 g/mol. The SMILES string of the molecule is CCc1ccccc1OCC(=O)NC(C)CCc1ccccc1. The number of carbonyl (C=O) groups is 1. The van der Waals surface area contributed by atoms with Crippen LogP contribution in [0.15, 0.2) is 54.6 Å². The Bertz CT molecular complexity index is 610. The van der Waals surface area contributed by atoms with Crippen LogP contribution in [0, 0.1) is 0 Å². The summed E-state index contributed by atoms with van der Waals surface area (Å²) in [5, 5.41) is 2.99. The normalized spacial score (nSPS) is 11.7. The quantitative estimate of drug-likeness (QED) is 0.806. The zero-order valence-corrected chi connectivity index (χ0v) is 13.9. The second kappa shape index (κ2) is 8.99. The predicted octanol–water partition coefficient (Wildman–Crippen LogP) is 3.77. The highest BCUT2D eigenvalue weighted by Crippen LogP contribution is 2.18. The molecule has 0 aliphatic rings. The minimum atomic E-state index is -0.0727. The van der Waals surface area contributed by atoms with Gasteiger partial charge in [-0.2, -0.15) is 0 Å². The van der Waals surface area contributed by atoms with Crippen LogP contribution < -0.4 is 10.1 Å². The molecule has 0 fully saturated rings. The number of para-hydroxylation sites is 1. The van der Waals surface area contributed by atoms with Gasteiger partial charge in [0.25, 0.3) is 5.91 Å². The first-order valence-electron chi connectivity index (χ1n) is 8.23. The molecule has 0 spiro atoms. The minimum Gasteiger partial charge on any atom is -0.483 e. The highest BCUT2D eigenvalue weighted by atomic mass is 16.5. The largest absolute Gasteiger partial charge is 0.483 e. The molecule has 0 saturated carbocycles. The number of amides is 1. The Hall–Kier alpha value is -2.29. The molecule has 0 saturated heterocycles. The maximum absolute atomic E-state index is 12.0. The summed E-state index contributed by atoms with van der Waals surface area (Å²) in [6, 6.07) is 18.3. The highest BCUT2D eigenvalue weighted by molar-refractivity contribution is 5.77. The van der Waals surface area contributed by atoms with E-state index in [4.69, 9.17) is 4.74 Å². The van der Waals surface area contributed by atoms with Gasteiger partial charge in [-0.1, -0.05) is 55.5 Å². The molecule has 1 N–H and O–H groups in total. The summed E-state index contributed by atoms with van der Waals surface area (Å²) in [4.78, 5) is 12.0. The molecule has 1 atom stereocenters. The molecule has 0 aliphatic heterocycles. The van der Waals surface area contributed by atoms with E-state index < -0.39 is 0 Å². The second-order valence-electron chi connectivity index (χ2n) is 5.74. The maximum Gasteiger partial charge on any atom is 0.258 e. The monoisotopic (exact) mass is 311 g/mol. The first-order chi connectivity index (χ1) is 11.2. The number of hydrogen-bond donors (Lipinski definition) is 1. The van der Waals surface area contributed by atoms with E-state index >= 15 is 0 Å². The number of nitrogens with one attached hydrogen (secondary N) is 1. The molecule has 2 aromatic rings. The van der Waals surface area contributed by atoms with Crippen LogP contribution in [-0.4, -0.2) is 18.6 Å². The summed E-state index contributed by atoms with van der Waals surface area (Å²) >= 11 is 0. The Kier molecular flexibility index (Phi) is 6.67. The fourth-order valence-electron chi connectivity index (χ4n) is 2.50. The third-order valence-electron chi connectivity index (χ3n) is 3.83. The van der Waals surface area contributed by atoms with E-state index in [1.54, 1.807) is 0 Å². The highest BCUT2D eigenvalue weighted by Gasteiger charge is 2.09. The van der Waals surface area contributed by atoms with Crippen LogP contribution in [0.3, 0.4) is 0 Å². The Morgan fingerprint density at radius 1 is 1.09 bits per heavy atom. The number of hydrogen-bond acceptors (Lipinski definition) is 2. The molecule has 3 heteroatoms. The molecule has 2 aromatic carbocycles. The van der Waals surface area contributed by atoms with E-state index in [0.717, 1.165) is 30.6 Å². The smallest absolute Gasteiger partial charge is 0.258 e. The molecule has 2 rings (SSSR count). The molecule has 1 unspecified atom stereocenters. The van der Waals surface area contributed by atoms with Crippen LogP contribution >= 0.6 is 0 Å². The molecular weight excluding hydrogens is 286 g/mol. The van der Waals surface area contributed by atoms with E-state index in [0.29, 0.717) is 0 Å². The summed E-state index contributed by atoms with van der Waals surface area (Å²) in [7, 11) is 0. The number of rotatable bonds is 8. The van der Waals surface area contributed by atoms with Crippen LogP contribution in [0.25, 0.3) is 0 Å². The summed E-state index contributed by atoms with van der Waals surface area (Å²) in [6.07, 6.45) is 2.77. The van der Waals surface area contributed by atoms with Crippen molar-refractivity contribution in [1.82, 2.24) is 5.32 Å². The van der Waals surface area contributed by atoms with Gasteiger partial charge in [0.2, 0.25) is 0 Å². The van der Waals surface area contributed by atoms with Crippen molar-refractivity contribution in [2.45, 2.75) is 39.2 Å². The number of aryl methyl sites for hydroxylation is 2. The van der Waals surface area contributed by atoms with Crippen molar-refractivity contribution in [1.29, 1.82) is 0 Å². The first-order valence-corrected chi connectivity index (χ1v) is 8.23. The van der Waals surface area contributed by atoms with Crippen molar-refractivity contribution in [3.8, 4) is 5.75 Å². The van der Waals surface area contributed by atoms with Crippen LogP contribution in [0.2, 0.25) is 0 Å². The number of benzene rings is 2. The maximum atomic E-state index is 12.0. The van der Waals surface area contributed by atoms with E-state index in [1.807, 2.05) is 49.4 Å². The molecule has 122 valence electrons. The molecule has 23 heavy (non-hydrogen) atoms. The lowest BCUT2D eigenvalue weighted by atomic mass is 10.1. The van der Waals surface area contributed by atoms with Crippen molar-refractivity contribution < 1.29 is 9.53 Å². The summed E-state index contributed by atoms with van der Waals surface area (Å²) in [5.74, 6) is 0.721. The number of ether oxygens (including phenoxy) is 1. The molecule has 0 bridgehead atoms. The first kappa shape index (κ1) is 17.1. The van der Waals surface area contributed by atoms with Gasteiger partial charge in [-0.05, 0) is 43.4 Å².